The van der Waals surface area contributed by atoms with Crippen LogP contribution in [0.5, 0.6) is 0 Å². The van der Waals surface area contributed by atoms with Crippen LogP contribution in [0.15, 0.2) is 134 Å². The summed E-state index contributed by atoms with van der Waals surface area (Å²) >= 11 is 0. The second kappa shape index (κ2) is 70.0. The second-order valence-corrected chi connectivity index (χ2v) is 22.7. The summed E-state index contributed by atoms with van der Waals surface area (Å²) < 4.78 is 16.9. The minimum absolute atomic E-state index is 0.100. The molecule has 1 atom stereocenters. The molecule has 83 heavy (non-hydrogen) atoms. The van der Waals surface area contributed by atoms with Gasteiger partial charge in [-0.3, -0.25) is 14.4 Å². The lowest BCUT2D eigenvalue weighted by atomic mass is 10.0. The number of carbonyl (C=O) groups excluding carboxylic acids is 3. The number of allylic oxidation sites excluding steroid dienone is 22. The Bertz CT molecular complexity index is 1750. The second-order valence-electron chi connectivity index (χ2n) is 22.7. The lowest BCUT2D eigenvalue weighted by Gasteiger charge is -2.18. The van der Waals surface area contributed by atoms with Crippen molar-refractivity contribution in [2.75, 3.05) is 13.2 Å². The van der Waals surface area contributed by atoms with E-state index >= 15 is 0 Å². The fourth-order valence-corrected chi connectivity index (χ4v) is 9.54. The first-order valence-corrected chi connectivity index (χ1v) is 34.7. The average Bonchev–Trinajstić information content (AvgIpc) is 3.49. The van der Waals surface area contributed by atoms with Crippen molar-refractivity contribution in [2.45, 2.75) is 322 Å². The van der Waals surface area contributed by atoms with Crippen LogP contribution in [0.2, 0.25) is 0 Å². The molecule has 1 unspecified atom stereocenters. The highest BCUT2D eigenvalue weighted by atomic mass is 16.6. The molecule has 0 N–H and O–H groups in total. The number of esters is 3. The Kier molecular flexibility index (Phi) is 66.3. The van der Waals surface area contributed by atoms with E-state index in [4.69, 9.17) is 14.2 Å². The molecular weight excluding hydrogens is 1020 g/mol. The smallest absolute Gasteiger partial charge is 0.306 e. The molecule has 0 saturated carbocycles. The van der Waals surface area contributed by atoms with E-state index in [0.717, 1.165) is 116 Å². The van der Waals surface area contributed by atoms with E-state index < -0.39 is 6.10 Å². The maximum absolute atomic E-state index is 12.9. The molecule has 0 saturated heterocycles. The van der Waals surface area contributed by atoms with Crippen LogP contribution in [0.4, 0.5) is 0 Å². The monoisotopic (exact) mass is 1150 g/mol. The Morgan fingerprint density at radius 1 is 0.253 bits per heavy atom. The Morgan fingerprint density at radius 2 is 0.482 bits per heavy atom. The first-order chi connectivity index (χ1) is 41.0. The van der Waals surface area contributed by atoms with E-state index in [1.165, 1.54) is 154 Å². The van der Waals surface area contributed by atoms with Gasteiger partial charge >= 0.3 is 17.9 Å². The van der Waals surface area contributed by atoms with Crippen LogP contribution in [0, 0.1) is 0 Å². The molecule has 0 aromatic heterocycles. The summed E-state index contributed by atoms with van der Waals surface area (Å²) in [5.41, 5.74) is 0. The predicted octanol–water partition coefficient (Wildman–Crippen LogP) is 24.1. The molecule has 0 aliphatic rings. The van der Waals surface area contributed by atoms with E-state index in [1.807, 2.05) is 0 Å². The number of ether oxygens (including phenoxy) is 3. The van der Waals surface area contributed by atoms with Gasteiger partial charge in [-0.15, -0.1) is 0 Å². The quantitative estimate of drug-likeness (QED) is 0.0261. The maximum Gasteiger partial charge on any atom is 0.306 e. The van der Waals surface area contributed by atoms with Crippen molar-refractivity contribution in [2.24, 2.45) is 0 Å². The summed E-state index contributed by atoms with van der Waals surface area (Å²) in [5.74, 6) is -0.955. The molecule has 0 spiro atoms. The van der Waals surface area contributed by atoms with E-state index in [9.17, 15) is 14.4 Å². The summed E-state index contributed by atoms with van der Waals surface area (Å²) in [4.78, 5) is 38.2. The molecule has 0 aliphatic carbocycles. The van der Waals surface area contributed by atoms with Crippen LogP contribution in [0.3, 0.4) is 0 Å². The van der Waals surface area contributed by atoms with Crippen molar-refractivity contribution >= 4 is 17.9 Å². The van der Waals surface area contributed by atoms with Crippen molar-refractivity contribution < 1.29 is 28.6 Å². The molecule has 6 nitrogen and oxygen atoms in total. The number of carbonyl (C=O) groups is 3. The standard InChI is InChI=1S/C77H128O6/c1-4-7-10-13-16-19-21-23-25-27-29-31-33-34-35-36-37-38-39-40-41-42-44-45-47-49-51-53-55-58-61-64-67-70-76(79)82-73-74(72-81-75(78)69-66-63-60-57-18-15-12-9-6-3)83-77(80)71-68-65-62-59-56-54-52-50-48-46-43-32-30-28-26-24-22-20-17-14-11-8-5-2/h7-8,10-11,16-17,19-20,23-26,29-32,46,48,52,54,59,62,74H,4-6,9,12-15,18,21-22,27-28,33-45,47,49-51,53,55-58,60-61,63-73H2,1-3H3/b10-7-,11-8-,19-16-,20-17-,25-23-,26-24-,31-29-,32-30-,48-46-,54-52-,62-59-. The third kappa shape index (κ3) is 68.2. The number of rotatable bonds is 62. The van der Waals surface area contributed by atoms with Gasteiger partial charge in [-0.05, 0) is 109 Å². The zero-order valence-corrected chi connectivity index (χ0v) is 54.2. The van der Waals surface area contributed by atoms with Gasteiger partial charge in [0.05, 0.1) is 0 Å². The van der Waals surface area contributed by atoms with Crippen LogP contribution in [0.25, 0.3) is 0 Å². The SMILES string of the molecule is CC/C=C\C/C=C\C/C=C\C/C=C\C/C=C\C/C=C\C/C=C\CCCC(=O)OC(COC(=O)CCCCCCCCCCC)COC(=O)CCCCCCCCCCCCCCCCCCCCCC/C=C\C/C=C\C/C=C\C/C=C\CC. The van der Waals surface area contributed by atoms with E-state index in [-0.39, 0.29) is 37.5 Å². The zero-order valence-electron chi connectivity index (χ0n) is 54.2. The van der Waals surface area contributed by atoms with Crippen LogP contribution in [-0.4, -0.2) is 37.2 Å². The molecule has 0 fully saturated rings. The van der Waals surface area contributed by atoms with Crippen LogP contribution < -0.4 is 0 Å². The summed E-state index contributed by atoms with van der Waals surface area (Å²) in [5, 5.41) is 0. The number of hydrogen-bond acceptors (Lipinski definition) is 6. The number of hydrogen-bond donors (Lipinski definition) is 0. The topological polar surface area (TPSA) is 78.9 Å². The largest absolute Gasteiger partial charge is 0.462 e. The third-order valence-electron chi connectivity index (χ3n) is 14.7. The minimum Gasteiger partial charge on any atom is -0.462 e. The first-order valence-electron chi connectivity index (χ1n) is 34.7. The molecule has 0 rings (SSSR count). The molecular formula is C77H128O6. The lowest BCUT2D eigenvalue weighted by molar-refractivity contribution is -0.167. The van der Waals surface area contributed by atoms with Crippen LogP contribution in [0.1, 0.15) is 316 Å². The summed E-state index contributed by atoms with van der Waals surface area (Å²) in [6.45, 7) is 6.37. The van der Waals surface area contributed by atoms with Crippen LogP contribution >= 0.6 is 0 Å². The predicted molar refractivity (Wildman–Crippen MR) is 362 cm³/mol. The van der Waals surface area contributed by atoms with Gasteiger partial charge in [0.1, 0.15) is 13.2 Å². The Hall–Kier alpha value is -4.45. The average molecular weight is 1150 g/mol. The molecule has 0 bridgehead atoms. The van der Waals surface area contributed by atoms with Gasteiger partial charge in [-0.25, -0.2) is 0 Å². The molecule has 472 valence electrons. The lowest BCUT2D eigenvalue weighted by Crippen LogP contribution is -2.30. The minimum atomic E-state index is -0.809. The van der Waals surface area contributed by atoms with Crippen molar-refractivity contribution in [3.8, 4) is 0 Å². The van der Waals surface area contributed by atoms with E-state index in [0.29, 0.717) is 19.3 Å². The van der Waals surface area contributed by atoms with Crippen molar-refractivity contribution in [3.05, 3.63) is 134 Å². The molecule has 6 heteroatoms. The third-order valence-corrected chi connectivity index (χ3v) is 14.7. The van der Waals surface area contributed by atoms with Crippen molar-refractivity contribution in [1.29, 1.82) is 0 Å². The van der Waals surface area contributed by atoms with Gasteiger partial charge in [0.15, 0.2) is 6.10 Å². The normalized spacial score (nSPS) is 13.0. The molecule has 0 amide bonds. The fraction of sp³-hybridized carbons (Fsp3) is 0.675. The van der Waals surface area contributed by atoms with E-state index in [1.54, 1.807) is 0 Å². The van der Waals surface area contributed by atoms with Gasteiger partial charge < -0.3 is 14.2 Å². The highest BCUT2D eigenvalue weighted by Gasteiger charge is 2.19. The van der Waals surface area contributed by atoms with Gasteiger partial charge in [0.2, 0.25) is 0 Å². The van der Waals surface area contributed by atoms with Crippen LogP contribution in [-0.2, 0) is 28.6 Å². The zero-order chi connectivity index (χ0) is 59.9. The summed E-state index contributed by atoms with van der Waals surface area (Å²) in [7, 11) is 0. The molecule has 0 radical (unpaired) electrons. The highest BCUT2D eigenvalue weighted by molar-refractivity contribution is 5.71. The summed E-state index contributed by atoms with van der Waals surface area (Å²) in [6, 6.07) is 0. The first kappa shape index (κ1) is 78.5. The van der Waals surface area contributed by atoms with Gasteiger partial charge in [-0.2, -0.15) is 0 Å². The van der Waals surface area contributed by atoms with Gasteiger partial charge in [-0.1, -0.05) is 321 Å². The van der Waals surface area contributed by atoms with E-state index in [2.05, 4.69) is 154 Å². The molecule has 0 aromatic rings. The molecule has 0 heterocycles. The fourth-order valence-electron chi connectivity index (χ4n) is 9.54. The van der Waals surface area contributed by atoms with Crippen molar-refractivity contribution in [3.63, 3.8) is 0 Å². The molecule has 0 aliphatic heterocycles. The maximum atomic E-state index is 12.9. The Balaban J connectivity index is 4.19. The van der Waals surface area contributed by atoms with Crippen molar-refractivity contribution in [1.82, 2.24) is 0 Å². The summed E-state index contributed by atoms with van der Waals surface area (Å²) in [6.07, 6.45) is 99.3. The molecule has 0 aromatic carbocycles. The highest BCUT2D eigenvalue weighted by Crippen LogP contribution is 2.17. The Labute approximate surface area is 513 Å². The van der Waals surface area contributed by atoms with Gasteiger partial charge in [0.25, 0.3) is 0 Å². The van der Waals surface area contributed by atoms with Gasteiger partial charge in [0, 0.05) is 19.3 Å². The number of unbranched alkanes of at least 4 members (excludes halogenated alkanes) is 29. The Morgan fingerprint density at radius 3 is 0.771 bits per heavy atom.